The molecule has 21 heteroatoms. The summed E-state index contributed by atoms with van der Waals surface area (Å²) in [5.41, 5.74) is 0. The van der Waals surface area contributed by atoms with Crippen LogP contribution >= 0.6 is 0 Å². The SMILES string of the molecule is CC[C@@H]1CC(C(=O)NCCNC(=O)C(F)(F)F)CC(O[C@@H]2O[C@@H](CO)C(O)C(O[C@@H](CC3CCCCC3)C(=O)O)C2NC(C)=O)C1OC1OC(C)C(O)C(O)C1O. The number of carboxylic acids is 1. The molecule has 2 saturated carbocycles. The van der Waals surface area contributed by atoms with E-state index in [0.29, 0.717) is 6.42 Å². The number of nitrogens with one attached hydrogen (secondary N) is 3. The van der Waals surface area contributed by atoms with Gasteiger partial charge in [0.15, 0.2) is 18.7 Å². The number of aliphatic hydroxyl groups excluding tert-OH is 5. The average Bonchev–Trinajstić information content (AvgIpc) is 3.16. The third kappa shape index (κ3) is 12.4. The van der Waals surface area contributed by atoms with Crippen molar-refractivity contribution >= 4 is 23.7 Å². The van der Waals surface area contributed by atoms with Crippen molar-refractivity contribution in [2.24, 2.45) is 17.8 Å². The average molecular weight is 830 g/mol. The van der Waals surface area contributed by atoms with Crippen molar-refractivity contribution in [1.82, 2.24) is 16.0 Å². The minimum Gasteiger partial charge on any atom is -0.479 e. The summed E-state index contributed by atoms with van der Waals surface area (Å²) in [5, 5.41) is 70.2. The van der Waals surface area contributed by atoms with Gasteiger partial charge in [0, 0.05) is 25.9 Å². The summed E-state index contributed by atoms with van der Waals surface area (Å²) in [6, 6.07) is -1.39. The lowest BCUT2D eigenvalue weighted by Gasteiger charge is -2.49. The molecule has 3 amide bonds. The second-order valence-corrected chi connectivity index (χ2v) is 15.4. The molecule has 57 heavy (non-hydrogen) atoms. The highest BCUT2D eigenvalue weighted by molar-refractivity contribution is 5.82. The maximum atomic E-state index is 13.5. The Hall–Kier alpha value is -2.73. The second-order valence-electron chi connectivity index (χ2n) is 15.4. The standard InChI is InChI=1S/C36H58F3N3O15/c1-4-19-13-20(31(49)40-10-11-41-35(52)36(37,38)39)14-21(29(19)57-34-28(48)27(47)25(45)16(2)53-34)55-33-24(42-17(3)44)30(26(46)23(15-43)56-33)54-22(32(50)51)12-18-8-6-5-7-9-18/h16,18-30,33-34,43,45-48H,4-15H2,1-3H3,(H,40,49)(H,41,52)(H,42,44)(H,50,51)/t16?,19-,20?,21?,22+,23+,24?,25?,26?,27?,28?,29?,30?,33-,34?/m1/s1. The Balaban J connectivity index is 1.63. The number of halogens is 3. The van der Waals surface area contributed by atoms with E-state index in [2.05, 4.69) is 10.6 Å². The lowest BCUT2D eigenvalue weighted by Crippen LogP contribution is -2.67. The fraction of sp³-hybridized carbons (Fsp3) is 0.889. The Morgan fingerprint density at radius 3 is 2.12 bits per heavy atom. The minimum absolute atomic E-state index is 0.0338. The van der Waals surface area contributed by atoms with Crippen molar-refractivity contribution in [1.29, 1.82) is 0 Å². The third-order valence-corrected chi connectivity index (χ3v) is 11.3. The molecule has 2 heterocycles. The molecule has 4 rings (SSSR count). The van der Waals surface area contributed by atoms with Gasteiger partial charge in [-0.25, -0.2) is 4.79 Å². The number of alkyl halides is 3. The number of ether oxygens (including phenoxy) is 5. The molecule has 2 aliphatic heterocycles. The smallest absolute Gasteiger partial charge is 0.471 e. The topological polar surface area (TPSA) is 272 Å². The molecule has 2 saturated heterocycles. The molecule has 4 aliphatic rings. The Labute approximate surface area is 328 Å². The highest BCUT2D eigenvalue weighted by Gasteiger charge is 2.53. The number of hydrogen-bond acceptors (Lipinski definition) is 14. The lowest BCUT2D eigenvalue weighted by atomic mass is 9.75. The van der Waals surface area contributed by atoms with E-state index < -0.39 is 135 Å². The van der Waals surface area contributed by atoms with Crippen LogP contribution in [0.4, 0.5) is 13.2 Å². The van der Waals surface area contributed by atoms with E-state index in [9.17, 15) is 63.0 Å². The highest BCUT2D eigenvalue weighted by Crippen LogP contribution is 2.40. The van der Waals surface area contributed by atoms with Crippen LogP contribution < -0.4 is 16.0 Å². The molecule has 0 aromatic heterocycles. The van der Waals surface area contributed by atoms with E-state index in [-0.39, 0.29) is 31.7 Å². The second kappa shape index (κ2) is 21.0. The van der Waals surface area contributed by atoms with Crippen LogP contribution in [0, 0.1) is 17.8 Å². The van der Waals surface area contributed by atoms with Gasteiger partial charge in [0.05, 0.1) is 24.9 Å². The number of hydrogen-bond donors (Lipinski definition) is 9. The number of aliphatic carboxylic acids is 1. The number of carboxylic acid groups (broad SMARTS) is 1. The third-order valence-electron chi connectivity index (χ3n) is 11.3. The summed E-state index contributed by atoms with van der Waals surface area (Å²) in [4.78, 5) is 49.8. The summed E-state index contributed by atoms with van der Waals surface area (Å²) in [5.74, 6) is -6.15. The van der Waals surface area contributed by atoms with Crippen molar-refractivity contribution in [3.05, 3.63) is 0 Å². The molecular weight excluding hydrogens is 771 g/mol. The van der Waals surface area contributed by atoms with Gasteiger partial charge in [0.1, 0.15) is 42.7 Å². The van der Waals surface area contributed by atoms with Gasteiger partial charge in [0.25, 0.3) is 0 Å². The Kier molecular flexibility index (Phi) is 17.3. The molecular formula is C36H58F3N3O15. The van der Waals surface area contributed by atoms with E-state index in [1.165, 1.54) is 6.92 Å². The summed E-state index contributed by atoms with van der Waals surface area (Å²) in [7, 11) is 0. The van der Waals surface area contributed by atoms with E-state index in [0.717, 1.165) is 39.0 Å². The van der Waals surface area contributed by atoms with Gasteiger partial charge in [-0.05, 0) is 38.0 Å². The fourth-order valence-corrected chi connectivity index (χ4v) is 8.18. The predicted molar refractivity (Wildman–Crippen MR) is 188 cm³/mol. The lowest BCUT2D eigenvalue weighted by molar-refractivity contribution is -0.338. The van der Waals surface area contributed by atoms with Crippen molar-refractivity contribution in [2.45, 2.75) is 164 Å². The molecule has 0 aromatic rings. The van der Waals surface area contributed by atoms with Crippen LogP contribution in [0.5, 0.6) is 0 Å². The van der Waals surface area contributed by atoms with Crippen LogP contribution in [0.1, 0.15) is 78.6 Å². The Morgan fingerprint density at radius 1 is 0.860 bits per heavy atom. The van der Waals surface area contributed by atoms with E-state index in [1.807, 2.05) is 0 Å². The van der Waals surface area contributed by atoms with Gasteiger partial charge < -0.3 is 70.3 Å². The van der Waals surface area contributed by atoms with Crippen molar-refractivity contribution in [3.63, 3.8) is 0 Å². The first-order valence-corrected chi connectivity index (χ1v) is 19.6. The van der Waals surface area contributed by atoms with E-state index >= 15 is 0 Å². The van der Waals surface area contributed by atoms with Gasteiger partial charge in [-0.3, -0.25) is 14.4 Å². The van der Waals surface area contributed by atoms with Crippen LogP contribution in [0.25, 0.3) is 0 Å². The number of rotatable bonds is 16. The zero-order valence-electron chi connectivity index (χ0n) is 32.2. The van der Waals surface area contributed by atoms with Crippen LogP contribution in [-0.4, -0.2) is 160 Å². The number of aliphatic hydroxyl groups is 5. The number of carbonyl (C=O) groups excluding carboxylic acids is 3. The first kappa shape index (κ1) is 47.0. The summed E-state index contributed by atoms with van der Waals surface area (Å²) < 4.78 is 68.5. The van der Waals surface area contributed by atoms with Crippen molar-refractivity contribution < 1.29 is 86.7 Å². The zero-order valence-corrected chi connectivity index (χ0v) is 32.2. The highest BCUT2D eigenvalue weighted by atomic mass is 19.4. The molecule has 11 unspecified atom stereocenters. The summed E-state index contributed by atoms with van der Waals surface area (Å²) >= 11 is 0. The molecule has 0 bridgehead atoms. The molecule has 9 N–H and O–H groups in total. The maximum Gasteiger partial charge on any atom is 0.471 e. The van der Waals surface area contributed by atoms with Gasteiger partial charge in [-0.2, -0.15) is 13.2 Å². The molecule has 15 atom stereocenters. The Morgan fingerprint density at radius 2 is 1.53 bits per heavy atom. The van der Waals surface area contributed by atoms with Gasteiger partial charge in [-0.15, -0.1) is 0 Å². The quantitative estimate of drug-likeness (QED) is 0.0863. The van der Waals surface area contributed by atoms with E-state index in [4.69, 9.17) is 23.7 Å². The minimum atomic E-state index is -5.11. The van der Waals surface area contributed by atoms with Crippen molar-refractivity contribution in [2.75, 3.05) is 19.7 Å². The van der Waals surface area contributed by atoms with Crippen LogP contribution in [0.3, 0.4) is 0 Å². The predicted octanol–water partition coefficient (Wildman–Crippen LogP) is -0.793. The first-order chi connectivity index (χ1) is 26.9. The molecule has 0 aromatic carbocycles. The summed E-state index contributed by atoms with van der Waals surface area (Å²) in [6.45, 7) is 2.72. The molecule has 328 valence electrons. The monoisotopic (exact) mass is 829 g/mol. The van der Waals surface area contributed by atoms with Crippen LogP contribution in [0.15, 0.2) is 0 Å². The Bertz CT molecular complexity index is 1340. The van der Waals surface area contributed by atoms with Gasteiger partial charge in [-0.1, -0.05) is 45.4 Å². The first-order valence-electron chi connectivity index (χ1n) is 19.6. The largest absolute Gasteiger partial charge is 0.479 e. The van der Waals surface area contributed by atoms with Gasteiger partial charge in [0.2, 0.25) is 11.8 Å². The van der Waals surface area contributed by atoms with Crippen molar-refractivity contribution in [3.8, 4) is 0 Å². The van der Waals surface area contributed by atoms with Gasteiger partial charge >= 0.3 is 18.1 Å². The molecule has 4 fully saturated rings. The number of carbonyl (C=O) groups is 4. The summed E-state index contributed by atoms with van der Waals surface area (Å²) in [6.07, 6.45) is -17.4. The van der Waals surface area contributed by atoms with Crippen LogP contribution in [-0.2, 0) is 42.9 Å². The molecule has 0 radical (unpaired) electrons. The fourth-order valence-electron chi connectivity index (χ4n) is 8.18. The molecule has 0 spiro atoms. The number of amides is 3. The van der Waals surface area contributed by atoms with E-state index in [1.54, 1.807) is 12.2 Å². The molecule has 18 nitrogen and oxygen atoms in total. The maximum absolute atomic E-state index is 13.5. The molecule has 2 aliphatic carbocycles. The zero-order chi connectivity index (χ0) is 42.2. The normalized spacial score (nSPS) is 37.2. The van der Waals surface area contributed by atoms with Crippen LogP contribution in [0.2, 0.25) is 0 Å².